The molecule has 0 N–H and O–H groups in total. The van der Waals surface area contributed by atoms with E-state index in [1.807, 2.05) is 0 Å². The first kappa shape index (κ1) is 11.8. The first-order valence-corrected chi connectivity index (χ1v) is 6.54. The van der Waals surface area contributed by atoms with Gasteiger partial charge in [-0.25, -0.2) is 4.79 Å². The van der Waals surface area contributed by atoms with Crippen molar-refractivity contribution in [1.29, 1.82) is 0 Å². The predicted octanol–water partition coefficient (Wildman–Crippen LogP) is 1.55. The standard InChI is InChI=1S/C14H18O4/c1-6(2)13(15)18-10-4-8-7(3)11(10)9-5-17-14(16)12(8)9/h7-12H,1,4-5H2,2-3H3. The number of rotatable bonds is 2. The van der Waals surface area contributed by atoms with E-state index in [1.165, 1.54) is 0 Å². The Labute approximate surface area is 106 Å². The third kappa shape index (κ3) is 1.44. The first-order chi connectivity index (χ1) is 8.50. The van der Waals surface area contributed by atoms with Crippen molar-refractivity contribution in [2.24, 2.45) is 29.6 Å². The van der Waals surface area contributed by atoms with Crippen LogP contribution in [-0.2, 0) is 19.1 Å². The Morgan fingerprint density at radius 1 is 1.44 bits per heavy atom. The molecule has 6 atom stereocenters. The van der Waals surface area contributed by atoms with Crippen molar-refractivity contribution >= 4 is 11.9 Å². The molecular weight excluding hydrogens is 232 g/mol. The summed E-state index contributed by atoms with van der Waals surface area (Å²) in [5.74, 6) is 0.952. The second-order valence-electron chi connectivity index (χ2n) is 5.88. The molecule has 0 amide bonds. The maximum atomic E-state index is 11.7. The summed E-state index contributed by atoms with van der Waals surface area (Å²) in [4.78, 5) is 23.3. The third-order valence-corrected chi connectivity index (χ3v) is 4.93. The molecule has 1 heterocycles. The van der Waals surface area contributed by atoms with Gasteiger partial charge >= 0.3 is 11.9 Å². The zero-order chi connectivity index (χ0) is 13.0. The van der Waals surface area contributed by atoms with Gasteiger partial charge in [0, 0.05) is 17.4 Å². The smallest absolute Gasteiger partial charge is 0.333 e. The van der Waals surface area contributed by atoms with Crippen molar-refractivity contribution in [2.45, 2.75) is 26.4 Å². The van der Waals surface area contributed by atoms with Gasteiger partial charge in [-0.1, -0.05) is 13.5 Å². The van der Waals surface area contributed by atoms with Crippen LogP contribution in [0.25, 0.3) is 0 Å². The van der Waals surface area contributed by atoms with E-state index in [1.54, 1.807) is 6.92 Å². The van der Waals surface area contributed by atoms with Gasteiger partial charge in [0.05, 0.1) is 12.5 Å². The molecule has 0 radical (unpaired) electrons. The fraction of sp³-hybridized carbons (Fsp3) is 0.714. The molecule has 3 aliphatic rings. The van der Waals surface area contributed by atoms with Gasteiger partial charge in [-0.05, 0) is 25.2 Å². The molecule has 0 spiro atoms. The van der Waals surface area contributed by atoms with Crippen LogP contribution in [0.4, 0.5) is 0 Å². The third-order valence-electron chi connectivity index (χ3n) is 4.93. The zero-order valence-electron chi connectivity index (χ0n) is 10.7. The largest absolute Gasteiger partial charge is 0.465 e. The molecular formula is C14H18O4. The molecule has 1 saturated heterocycles. The molecule has 3 rings (SSSR count). The lowest BCUT2D eigenvalue weighted by Gasteiger charge is -2.28. The average molecular weight is 250 g/mol. The molecule has 1 aliphatic heterocycles. The van der Waals surface area contributed by atoms with Gasteiger partial charge in [0.2, 0.25) is 0 Å². The monoisotopic (exact) mass is 250 g/mol. The van der Waals surface area contributed by atoms with Gasteiger partial charge in [-0.2, -0.15) is 0 Å². The Bertz CT molecular complexity index is 426. The Hall–Kier alpha value is -1.32. The normalized spacial score (nSPS) is 44.7. The summed E-state index contributed by atoms with van der Waals surface area (Å²) >= 11 is 0. The molecule has 98 valence electrons. The highest BCUT2D eigenvalue weighted by molar-refractivity contribution is 5.87. The Morgan fingerprint density at radius 2 is 2.17 bits per heavy atom. The van der Waals surface area contributed by atoms with Crippen LogP contribution in [0.2, 0.25) is 0 Å². The second kappa shape index (κ2) is 3.84. The van der Waals surface area contributed by atoms with Crippen molar-refractivity contribution in [3.05, 3.63) is 12.2 Å². The molecule has 4 nitrogen and oxygen atoms in total. The van der Waals surface area contributed by atoms with Crippen LogP contribution in [-0.4, -0.2) is 24.6 Å². The van der Waals surface area contributed by atoms with E-state index >= 15 is 0 Å². The van der Waals surface area contributed by atoms with Gasteiger partial charge in [-0.3, -0.25) is 4.79 Å². The second-order valence-corrected chi connectivity index (χ2v) is 5.88. The molecule has 6 unspecified atom stereocenters. The summed E-state index contributed by atoms with van der Waals surface area (Å²) in [6.45, 7) is 7.92. The number of hydrogen-bond acceptors (Lipinski definition) is 4. The summed E-state index contributed by atoms with van der Waals surface area (Å²) in [6, 6.07) is 0. The van der Waals surface area contributed by atoms with E-state index in [4.69, 9.17) is 9.47 Å². The molecule has 0 aromatic rings. The van der Waals surface area contributed by atoms with Crippen molar-refractivity contribution in [3.63, 3.8) is 0 Å². The topological polar surface area (TPSA) is 52.6 Å². The lowest BCUT2D eigenvalue weighted by atomic mass is 9.80. The SMILES string of the molecule is C=C(C)C(=O)OC1CC2C(C)C1C1COC(=O)C21. The molecule has 2 bridgehead atoms. The zero-order valence-corrected chi connectivity index (χ0v) is 10.7. The Balaban J connectivity index is 1.77. The van der Waals surface area contributed by atoms with Gasteiger partial charge in [0.15, 0.2) is 0 Å². The molecule has 18 heavy (non-hydrogen) atoms. The molecule has 2 aliphatic carbocycles. The molecule has 3 fully saturated rings. The van der Waals surface area contributed by atoms with Crippen LogP contribution in [0.5, 0.6) is 0 Å². The van der Waals surface area contributed by atoms with Crippen molar-refractivity contribution in [2.75, 3.05) is 6.61 Å². The van der Waals surface area contributed by atoms with E-state index in [-0.39, 0.29) is 35.8 Å². The van der Waals surface area contributed by atoms with Gasteiger partial charge in [0.1, 0.15) is 6.10 Å². The summed E-state index contributed by atoms with van der Waals surface area (Å²) < 4.78 is 10.7. The molecule has 0 aromatic carbocycles. The minimum atomic E-state index is -0.318. The number of cyclic esters (lactones) is 1. The number of carbonyl (C=O) groups is 2. The fourth-order valence-electron chi connectivity index (χ4n) is 4.16. The van der Waals surface area contributed by atoms with Crippen LogP contribution in [0.1, 0.15) is 20.3 Å². The lowest BCUT2D eigenvalue weighted by molar-refractivity contribution is -0.148. The number of hydrogen-bond donors (Lipinski definition) is 0. The van der Waals surface area contributed by atoms with Crippen LogP contribution in [0.15, 0.2) is 12.2 Å². The van der Waals surface area contributed by atoms with E-state index < -0.39 is 0 Å². The summed E-state index contributed by atoms with van der Waals surface area (Å²) in [5, 5.41) is 0. The predicted molar refractivity (Wildman–Crippen MR) is 63.4 cm³/mol. The molecule has 2 saturated carbocycles. The summed E-state index contributed by atoms with van der Waals surface area (Å²) in [7, 11) is 0. The lowest BCUT2D eigenvalue weighted by Crippen LogP contribution is -2.35. The minimum Gasteiger partial charge on any atom is -0.465 e. The van der Waals surface area contributed by atoms with Gasteiger partial charge < -0.3 is 9.47 Å². The maximum absolute atomic E-state index is 11.7. The quantitative estimate of drug-likeness (QED) is 0.551. The van der Waals surface area contributed by atoms with Crippen molar-refractivity contribution in [3.8, 4) is 0 Å². The summed E-state index contributed by atoms with van der Waals surface area (Å²) in [5.41, 5.74) is 0.431. The maximum Gasteiger partial charge on any atom is 0.333 e. The Morgan fingerprint density at radius 3 is 2.83 bits per heavy atom. The Kier molecular flexibility index (Phi) is 2.50. The first-order valence-electron chi connectivity index (χ1n) is 6.54. The van der Waals surface area contributed by atoms with Crippen LogP contribution < -0.4 is 0 Å². The highest BCUT2D eigenvalue weighted by Gasteiger charge is 2.63. The van der Waals surface area contributed by atoms with Crippen LogP contribution in [0.3, 0.4) is 0 Å². The fourth-order valence-corrected chi connectivity index (χ4v) is 4.16. The highest BCUT2D eigenvalue weighted by Crippen LogP contribution is 2.59. The van der Waals surface area contributed by atoms with Gasteiger partial charge in [0.25, 0.3) is 0 Å². The van der Waals surface area contributed by atoms with Crippen molar-refractivity contribution < 1.29 is 19.1 Å². The van der Waals surface area contributed by atoms with E-state index in [0.717, 1.165) is 6.42 Å². The molecule has 0 aromatic heterocycles. The van der Waals surface area contributed by atoms with E-state index in [0.29, 0.717) is 24.0 Å². The average Bonchev–Trinajstić information content (AvgIpc) is 2.90. The number of fused-ring (bicyclic) bond motifs is 5. The highest BCUT2D eigenvalue weighted by atomic mass is 16.6. The number of carbonyl (C=O) groups excluding carboxylic acids is 2. The minimum absolute atomic E-state index is 0.0461. The van der Waals surface area contributed by atoms with Gasteiger partial charge in [-0.15, -0.1) is 0 Å². The van der Waals surface area contributed by atoms with Crippen LogP contribution in [0, 0.1) is 29.6 Å². The number of esters is 2. The van der Waals surface area contributed by atoms with Crippen molar-refractivity contribution in [1.82, 2.24) is 0 Å². The summed E-state index contributed by atoms with van der Waals surface area (Å²) in [6.07, 6.45) is 0.728. The number of ether oxygens (including phenoxy) is 2. The van der Waals surface area contributed by atoms with E-state index in [2.05, 4.69) is 13.5 Å². The van der Waals surface area contributed by atoms with Crippen LogP contribution >= 0.6 is 0 Å². The molecule has 4 heteroatoms. The van der Waals surface area contributed by atoms with E-state index in [9.17, 15) is 9.59 Å².